The van der Waals surface area contributed by atoms with E-state index in [-0.39, 0.29) is 12.1 Å². The van der Waals surface area contributed by atoms with Crippen LogP contribution >= 0.6 is 0 Å². The lowest BCUT2D eigenvalue weighted by molar-refractivity contribution is 0.449. The SMILES string of the molecule is CC1(c2cc3c4c(c2)Oc2cc5c(cc2B4c2ccccc2O3)Oc2cccc3c(N(c4ccccc4)c4ccccc4)ccc-5c23)C=CCC2CC2C1. The van der Waals surface area contributed by atoms with Gasteiger partial charge in [0.25, 0.3) is 6.71 Å². The quantitative estimate of drug-likeness (QED) is 0.135. The van der Waals surface area contributed by atoms with E-state index in [1.165, 1.54) is 18.4 Å². The van der Waals surface area contributed by atoms with Crippen molar-refractivity contribution in [2.75, 3.05) is 4.90 Å². The molecule has 1 saturated carbocycles. The number of hydrogen-bond donors (Lipinski definition) is 0. The van der Waals surface area contributed by atoms with Gasteiger partial charge in [0.1, 0.15) is 34.5 Å². The smallest absolute Gasteiger partial charge is 0.260 e. The maximum Gasteiger partial charge on any atom is 0.260 e. The molecule has 258 valence electrons. The Balaban J connectivity index is 1.03. The molecule has 3 aliphatic heterocycles. The second-order valence-corrected chi connectivity index (χ2v) is 15.9. The minimum Gasteiger partial charge on any atom is -0.458 e. The van der Waals surface area contributed by atoms with Crippen molar-refractivity contribution in [2.24, 2.45) is 11.8 Å². The second kappa shape index (κ2) is 11.2. The van der Waals surface area contributed by atoms with Crippen molar-refractivity contribution < 1.29 is 14.2 Å². The van der Waals surface area contributed by atoms with Gasteiger partial charge in [-0.05, 0) is 120 Å². The highest BCUT2D eigenvalue weighted by Crippen LogP contribution is 2.54. The third-order valence-electron chi connectivity index (χ3n) is 12.6. The first kappa shape index (κ1) is 30.3. The highest BCUT2D eigenvalue weighted by molar-refractivity contribution is 6.98. The average Bonchev–Trinajstić information content (AvgIpc) is 3.97. The molecule has 2 aliphatic carbocycles. The predicted molar refractivity (Wildman–Crippen MR) is 219 cm³/mol. The van der Waals surface area contributed by atoms with Gasteiger partial charge < -0.3 is 19.1 Å². The van der Waals surface area contributed by atoms with E-state index in [0.29, 0.717) is 0 Å². The van der Waals surface area contributed by atoms with Crippen LogP contribution in [-0.2, 0) is 5.41 Å². The number of rotatable bonds is 4. The number of hydrogen-bond acceptors (Lipinski definition) is 4. The summed E-state index contributed by atoms with van der Waals surface area (Å²) in [5.41, 5.74) is 10.0. The molecule has 54 heavy (non-hydrogen) atoms. The van der Waals surface area contributed by atoms with Crippen molar-refractivity contribution in [3.05, 3.63) is 157 Å². The predicted octanol–water partition coefficient (Wildman–Crippen LogP) is 11.1. The fourth-order valence-corrected chi connectivity index (χ4v) is 9.84. The van der Waals surface area contributed by atoms with Crippen molar-refractivity contribution in [3.8, 4) is 45.6 Å². The Morgan fingerprint density at radius 2 is 1.30 bits per heavy atom. The van der Waals surface area contributed by atoms with Crippen LogP contribution in [-0.4, -0.2) is 6.71 Å². The number of allylic oxidation sites excluding steroid dienone is 2. The molecule has 1 fully saturated rings. The summed E-state index contributed by atoms with van der Waals surface area (Å²) in [7, 11) is 0. The molecule has 7 aromatic carbocycles. The van der Waals surface area contributed by atoms with Gasteiger partial charge in [0.2, 0.25) is 0 Å². The van der Waals surface area contributed by atoms with E-state index in [1.54, 1.807) is 0 Å². The largest absolute Gasteiger partial charge is 0.458 e. The Labute approximate surface area is 315 Å². The zero-order valence-electron chi connectivity index (χ0n) is 30.0. The van der Waals surface area contributed by atoms with Gasteiger partial charge in [0.05, 0.1) is 5.69 Å². The van der Waals surface area contributed by atoms with Crippen molar-refractivity contribution in [1.82, 2.24) is 0 Å². The highest BCUT2D eigenvalue weighted by atomic mass is 16.5. The molecule has 5 heteroatoms. The summed E-state index contributed by atoms with van der Waals surface area (Å²) in [4.78, 5) is 2.33. The van der Waals surface area contributed by atoms with E-state index in [1.807, 2.05) is 0 Å². The summed E-state index contributed by atoms with van der Waals surface area (Å²) in [5, 5.41) is 2.23. The van der Waals surface area contributed by atoms with E-state index in [0.717, 1.165) is 108 Å². The third-order valence-corrected chi connectivity index (χ3v) is 12.6. The van der Waals surface area contributed by atoms with E-state index in [9.17, 15) is 0 Å². The minimum atomic E-state index is -0.0744. The molecule has 0 spiro atoms. The van der Waals surface area contributed by atoms with Crippen molar-refractivity contribution >= 4 is 50.9 Å². The Morgan fingerprint density at radius 1 is 0.593 bits per heavy atom. The molecule has 3 heterocycles. The van der Waals surface area contributed by atoms with Crippen LogP contribution in [0.25, 0.3) is 21.9 Å². The van der Waals surface area contributed by atoms with Gasteiger partial charge in [-0.1, -0.05) is 91.9 Å². The molecular formula is C49H36BNO3. The first-order chi connectivity index (χ1) is 26.6. The third kappa shape index (κ3) is 4.45. The van der Waals surface area contributed by atoms with Crippen LogP contribution in [0.2, 0.25) is 0 Å². The van der Waals surface area contributed by atoms with Gasteiger partial charge in [0.15, 0.2) is 0 Å². The Morgan fingerprint density at radius 3 is 2.09 bits per heavy atom. The van der Waals surface area contributed by atoms with Gasteiger partial charge in [-0.25, -0.2) is 0 Å². The summed E-state index contributed by atoms with van der Waals surface area (Å²) in [6.45, 7) is 2.35. The number of ether oxygens (including phenoxy) is 3. The van der Waals surface area contributed by atoms with Crippen molar-refractivity contribution in [2.45, 2.75) is 31.6 Å². The van der Waals surface area contributed by atoms with Crippen LogP contribution in [0.4, 0.5) is 17.1 Å². The molecule has 0 amide bonds. The fourth-order valence-electron chi connectivity index (χ4n) is 9.84. The molecule has 7 aromatic rings. The van der Waals surface area contributed by atoms with Crippen LogP contribution in [0.5, 0.6) is 34.5 Å². The first-order valence-electron chi connectivity index (χ1n) is 19.2. The zero-order valence-corrected chi connectivity index (χ0v) is 30.0. The molecule has 4 nitrogen and oxygen atoms in total. The lowest BCUT2D eigenvalue weighted by Gasteiger charge is -2.36. The number of fused-ring (bicyclic) bond motifs is 7. The van der Waals surface area contributed by atoms with Crippen LogP contribution < -0.4 is 35.5 Å². The van der Waals surface area contributed by atoms with Crippen molar-refractivity contribution in [3.63, 3.8) is 0 Å². The van der Waals surface area contributed by atoms with Gasteiger partial charge in [0, 0.05) is 38.6 Å². The van der Waals surface area contributed by atoms with Gasteiger partial charge in [-0.2, -0.15) is 0 Å². The van der Waals surface area contributed by atoms with Gasteiger partial charge in [-0.3, -0.25) is 0 Å². The summed E-state index contributed by atoms with van der Waals surface area (Å²) >= 11 is 0. The van der Waals surface area contributed by atoms with E-state index < -0.39 is 0 Å². The summed E-state index contributed by atoms with van der Waals surface area (Å²) in [6.07, 6.45) is 8.54. The molecule has 0 radical (unpaired) electrons. The molecule has 5 aliphatic rings. The standard InChI is InChI=1S/C49H36BNO3/c1-49(23-11-12-30-24-31(30)29-49)32-25-45-48-46(26-32)54-44-27-37-35-21-22-40(51(33-13-4-2-5-14-33)34-15-6-3-7-16-34)36-17-10-20-42(47(35)36)53-43(37)28-39(44)50(48)38-18-8-9-19-41(38)52-45/h2-11,13-23,25-28,30-31H,12,24,29H2,1H3. The van der Waals surface area contributed by atoms with Gasteiger partial charge >= 0.3 is 0 Å². The summed E-state index contributed by atoms with van der Waals surface area (Å²) in [5.74, 6) is 6.88. The molecule has 0 aromatic heterocycles. The molecule has 12 rings (SSSR count). The zero-order chi connectivity index (χ0) is 35.5. The van der Waals surface area contributed by atoms with Gasteiger partial charge in [-0.15, -0.1) is 0 Å². The number of nitrogens with zero attached hydrogens (tertiary/aromatic N) is 1. The van der Waals surface area contributed by atoms with E-state index in [2.05, 4.69) is 164 Å². The fraction of sp³-hybridized carbons (Fsp3) is 0.143. The van der Waals surface area contributed by atoms with Crippen LogP contribution in [0.15, 0.2) is 152 Å². The monoisotopic (exact) mass is 697 g/mol. The molecule has 0 saturated heterocycles. The molecule has 0 bridgehead atoms. The maximum atomic E-state index is 7.04. The van der Waals surface area contributed by atoms with Crippen LogP contribution in [0.3, 0.4) is 0 Å². The Kier molecular flexibility index (Phi) is 6.26. The topological polar surface area (TPSA) is 30.9 Å². The number of anilines is 3. The lowest BCUT2D eigenvalue weighted by atomic mass is 9.34. The highest BCUT2D eigenvalue weighted by Gasteiger charge is 2.46. The Bertz CT molecular complexity index is 2690. The molecule has 0 N–H and O–H groups in total. The molecule has 3 atom stereocenters. The second-order valence-electron chi connectivity index (χ2n) is 15.9. The van der Waals surface area contributed by atoms with E-state index >= 15 is 0 Å². The number of para-hydroxylation sites is 3. The first-order valence-corrected chi connectivity index (χ1v) is 19.2. The van der Waals surface area contributed by atoms with E-state index in [4.69, 9.17) is 14.2 Å². The van der Waals surface area contributed by atoms with Crippen LogP contribution in [0, 0.1) is 11.8 Å². The van der Waals surface area contributed by atoms with Crippen LogP contribution in [0.1, 0.15) is 31.7 Å². The van der Waals surface area contributed by atoms with Crippen molar-refractivity contribution in [1.29, 1.82) is 0 Å². The normalized spacial score (nSPS) is 20.5. The summed E-state index contributed by atoms with van der Waals surface area (Å²) < 4.78 is 20.7. The Hall–Kier alpha value is -6.20. The molecule has 3 unspecified atom stereocenters. The summed E-state index contributed by atoms with van der Waals surface area (Å²) in [6, 6.07) is 49.6. The lowest BCUT2D eigenvalue weighted by Crippen LogP contribution is -2.57. The molecular weight excluding hydrogens is 661 g/mol. The average molecular weight is 698 g/mol. The maximum absolute atomic E-state index is 7.04. The minimum absolute atomic E-state index is 0.0400. The number of benzene rings is 7.